The van der Waals surface area contributed by atoms with Crippen molar-refractivity contribution in [1.82, 2.24) is 9.21 Å². The van der Waals surface area contributed by atoms with Gasteiger partial charge in [-0.05, 0) is 50.7 Å². The molecule has 0 atom stereocenters. The number of benzene rings is 1. The molecule has 0 aliphatic carbocycles. The van der Waals surface area contributed by atoms with E-state index in [0.29, 0.717) is 39.1 Å². The van der Waals surface area contributed by atoms with Gasteiger partial charge in [-0.15, -0.1) is 12.4 Å². The van der Waals surface area contributed by atoms with E-state index in [4.69, 9.17) is 4.74 Å². The highest BCUT2D eigenvalue weighted by molar-refractivity contribution is 7.89. The van der Waals surface area contributed by atoms with Crippen LogP contribution in [0.15, 0.2) is 18.2 Å². The maximum absolute atomic E-state index is 13.1. The highest BCUT2D eigenvalue weighted by Gasteiger charge is 2.41. The van der Waals surface area contributed by atoms with Crippen molar-refractivity contribution in [3.8, 4) is 0 Å². The molecule has 3 rings (SSSR count). The first-order chi connectivity index (χ1) is 14.3. The van der Waals surface area contributed by atoms with Crippen molar-refractivity contribution < 1.29 is 17.9 Å². The van der Waals surface area contributed by atoms with E-state index in [9.17, 15) is 13.2 Å². The third-order valence-electron chi connectivity index (χ3n) is 6.77. The minimum Gasteiger partial charge on any atom is -0.381 e. The van der Waals surface area contributed by atoms with E-state index in [1.807, 2.05) is 39.0 Å². The Kier molecular flexibility index (Phi) is 9.52. The van der Waals surface area contributed by atoms with Crippen molar-refractivity contribution in [2.75, 3.05) is 45.1 Å². The molecule has 2 saturated heterocycles. The van der Waals surface area contributed by atoms with Crippen LogP contribution in [0.2, 0.25) is 0 Å². The summed E-state index contributed by atoms with van der Waals surface area (Å²) in [6, 6.07) is 5.99. The van der Waals surface area contributed by atoms with Crippen LogP contribution in [0.5, 0.6) is 0 Å². The predicted octanol–water partition coefficient (Wildman–Crippen LogP) is 3.59. The lowest BCUT2D eigenvalue weighted by molar-refractivity contribution is -0.0444. The summed E-state index contributed by atoms with van der Waals surface area (Å²) in [5.41, 5.74) is 2.85. The minimum absolute atomic E-state index is 0. The molecule has 6 nitrogen and oxygen atoms in total. The van der Waals surface area contributed by atoms with Crippen LogP contribution in [0, 0.1) is 13.8 Å². The number of ketones is 1. The van der Waals surface area contributed by atoms with Gasteiger partial charge in [0.05, 0.1) is 5.75 Å². The second kappa shape index (κ2) is 11.2. The van der Waals surface area contributed by atoms with E-state index in [0.717, 1.165) is 49.0 Å². The van der Waals surface area contributed by atoms with E-state index in [1.54, 1.807) is 4.31 Å². The van der Waals surface area contributed by atoms with E-state index in [2.05, 4.69) is 4.90 Å². The average molecular weight is 473 g/mol. The van der Waals surface area contributed by atoms with Crippen LogP contribution in [-0.4, -0.2) is 74.1 Å². The summed E-state index contributed by atoms with van der Waals surface area (Å²) in [6.45, 7) is 9.82. The molecule has 0 unspecified atom stereocenters. The number of Topliss-reactive ketones (excluding diaryl/α,β-unsaturated/α-hetero) is 1. The van der Waals surface area contributed by atoms with Gasteiger partial charge in [-0.1, -0.05) is 25.1 Å². The van der Waals surface area contributed by atoms with Gasteiger partial charge in [-0.3, -0.25) is 9.69 Å². The van der Waals surface area contributed by atoms with Crippen molar-refractivity contribution in [2.24, 2.45) is 0 Å². The number of carbonyl (C=O) groups excluding carboxylic acids is 1. The molecule has 0 amide bonds. The number of ether oxygens (including phenoxy) is 1. The lowest BCUT2D eigenvalue weighted by Gasteiger charge is -2.49. The highest BCUT2D eigenvalue weighted by Crippen LogP contribution is 2.34. The first kappa shape index (κ1) is 26.3. The monoisotopic (exact) mass is 472 g/mol. The van der Waals surface area contributed by atoms with Crippen molar-refractivity contribution in [3.05, 3.63) is 34.9 Å². The van der Waals surface area contributed by atoms with Gasteiger partial charge >= 0.3 is 0 Å². The fourth-order valence-corrected chi connectivity index (χ4v) is 6.52. The molecular weight excluding hydrogens is 436 g/mol. The number of carbonyl (C=O) groups is 1. The van der Waals surface area contributed by atoms with Crippen LogP contribution in [0.4, 0.5) is 0 Å². The van der Waals surface area contributed by atoms with E-state index >= 15 is 0 Å². The lowest BCUT2D eigenvalue weighted by Crippen LogP contribution is -2.60. The number of hydrogen-bond donors (Lipinski definition) is 0. The lowest BCUT2D eigenvalue weighted by atomic mass is 9.81. The fourth-order valence-electron chi connectivity index (χ4n) is 5.03. The predicted molar refractivity (Wildman–Crippen MR) is 127 cm³/mol. The molecule has 0 N–H and O–H groups in total. The Balaban J connectivity index is 0.00000341. The summed E-state index contributed by atoms with van der Waals surface area (Å²) >= 11 is 0. The van der Waals surface area contributed by atoms with Crippen LogP contribution in [-0.2, 0) is 14.8 Å². The molecule has 2 aliphatic rings. The van der Waals surface area contributed by atoms with Crippen molar-refractivity contribution in [2.45, 2.75) is 58.4 Å². The maximum Gasteiger partial charge on any atom is 0.214 e. The normalized spacial score (nSPS) is 20.2. The van der Waals surface area contributed by atoms with Crippen LogP contribution in [0.3, 0.4) is 0 Å². The van der Waals surface area contributed by atoms with Gasteiger partial charge in [0, 0.05) is 56.9 Å². The Bertz CT molecular complexity index is 825. The fraction of sp³-hybridized carbons (Fsp3) is 0.696. The standard InChI is InChI=1S/C23H36N2O4S.ClH/c1-4-18-30(27,28)25-14-12-24(13-15-25)23(10-16-29-17-11-23)9-8-21(26)22-19(2)6-5-7-20(22)3;/h5-7H,4,8-18H2,1-3H3;1H. The zero-order valence-corrected chi connectivity index (χ0v) is 20.7. The summed E-state index contributed by atoms with van der Waals surface area (Å²) in [4.78, 5) is 15.5. The molecule has 0 aromatic heterocycles. The van der Waals surface area contributed by atoms with Crippen LogP contribution < -0.4 is 0 Å². The number of aryl methyl sites for hydroxylation is 2. The molecule has 2 aliphatic heterocycles. The maximum atomic E-state index is 13.1. The van der Waals surface area contributed by atoms with Crippen molar-refractivity contribution in [3.63, 3.8) is 0 Å². The molecule has 2 fully saturated rings. The molecule has 176 valence electrons. The Morgan fingerprint density at radius 2 is 1.65 bits per heavy atom. The number of piperazine rings is 1. The minimum atomic E-state index is -3.15. The zero-order valence-electron chi connectivity index (χ0n) is 19.1. The molecule has 0 spiro atoms. The number of sulfonamides is 1. The van der Waals surface area contributed by atoms with Gasteiger partial charge < -0.3 is 4.74 Å². The summed E-state index contributed by atoms with van der Waals surface area (Å²) in [7, 11) is -3.15. The average Bonchev–Trinajstić information content (AvgIpc) is 2.73. The molecule has 31 heavy (non-hydrogen) atoms. The molecule has 1 aromatic carbocycles. The molecule has 1 aromatic rings. The quantitative estimate of drug-likeness (QED) is 0.541. The van der Waals surface area contributed by atoms with Crippen LogP contribution in [0.1, 0.15) is 60.5 Å². The van der Waals surface area contributed by atoms with Crippen LogP contribution in [0.25, 0.3) is 0 Å². The summed E-state index contributed by atoms with van der Waals surface area (Å²) < 4.78 is 32.1. The van der Waals surface area contributed by atoms with Gasteiger partial charge in [0.15, 0.2) is 5.78 Å². The number of halogens is 1. The van der Waals surface area contributed by atoms with E-state index in [1.165, 1.54) is 0 Å². The Morgan fingerprint density at radius 3 is 2.19 bits per heavy atom. The number of rotatable bonds is 8. The molecule has 0 bridgehead atoms. The van der Waals surface area contributed by atoms with Gasteiger partial charge in [0.1, 0.15) is 0 Å². The van der Waals surface area contributed by atoms with Gasteiger partial charge in [0.25, 0.3) is 0 Å². The third-order valence-corrected chi connectivity index (χ3v) is 8.84. The van der Waals surface area contributed by atoms with Crippen molar-refractivity contribution in [1.29, 1.82) is 0 Å². The van der Waals surface area contributed by atoms with Gasteiger partial charge in [-0.25, -0.2) is 8.42 Å². The molecule has 0 radical (unpaired) electrons. The van der Waals surface area contributed by atoms with E-state index < -0.39 is 10.0 Å². The summed E-state index contributed by atoms with van der Waals surface area (Å²) in [6.07, 6.45) is 3.75. The Morgan fingerprint density at radius 1 is 1.06 bits per heavy atom. The molecule has 0 saturated carbocycles. The Labute approximate surface area is 193 Å². The second-order valence-electron chi connectivity index (χ2n) is 8.73. The number of nitrogens with zero attached hydrogens (tertiary/aromatic N) is 2. The van der Waals surface area contributed by atoms with Gasteiger partial charge in [-0.2, -0.15) is 4.31 Å². The van der Waals surface area contributed by atoms with E-state index in [-0.39, 0.29) is 29.5 Å². The Hall–Kier alpha value is -0.990. The largest absolute Gasteiger partial charge is 0.381 e. The highest BCUT2D eigenvalue weighted by atomic mass is 35.5. The van der Waals surface area contributed by atoms with Gasteiger partial charge in [0.2, 0.25) is 10.0 Å². The van der Waals surface area contributed by atoms with Crippen molar-refractivity contribution >= 4 is 28.2 Å². The summed E-state index contributed by atoms with van der Waals surface area (Å²) in [5.74, 6) is 0.427. The second-order valence-corrected chi connectivity index (χ2v) is 10.8. The molecular formula is C23H37ClN2O4S. The topological polar surface area (TPSA) is 66.9 Å². The first-order valence-corrected chi connectivity index (χ1v) is 12.8. The smallest absolute Gasteiger partial charge is 0.214 e. The third kappa shape index (κ3) is 6.08. The number of hydrogen-bond acceptors (Lipinski definition) is 5. The summed E-state index contributed by atoms with van der Waals surface area (Å²) in [5, 5.41) is 0. The SMILES string of the molecule is CCCS(=O)(=O)N1CCN(C2(CCC(=O)c3c(C)cccc3C)CCOCC2)CC1.Cl. The first-order valence-electron chi connectivity index (χ1n) is 11.2. The van der Waals surface area contributed by atoms with Crippen LogP contribution >= 0.6 is 12.4 Å². The molecule has 8 heteroatoms. The molecule has 2 heterocycles. The zero-order chi connectivity index (χ0) is 21.8.